The van der Waals surface area contributed by atoms with Gasteiger partial charge in [-0.25, -0.2) is 0 Å². The molecule has 5 heteroatoms. The monoisotopic (exact) mass is 244 g/mol. The topological polar surface area (TPSA) is 41.6 Å². The molecule has 0 aromatic heterocycles. The van der Waals surface area contributed by atoms with Crippen molar-refractivity contribution >= 4 is 17.7 Å². The number of hydrogen-bond acceptors (Lipinski definition) is 5. The molecule has 2 aliphatic heterocycles. The number of nitrogens with zero attached hydrogens (tertiary/aromatic N) is 1. The Bertz CT molecular complexity index is 248. The highest BCUT2D eigenvalue weighted by Crippen LogP contribution is 2.34. The highest BCUT2D eigenvalue weighted by Gasteiger charge is 2.48. The summed E-state index contributed by atoms with van der Waals surface area (Å²) in [7, 11) is 0. The van der Waals surface area contributed by atoms with E-state index in [-0.39, 0.29) is 11.5 Å². The molecular weight excluding hydrogens is 224 g/mol. The Balaban J connectivity index is 2.10. The number of nitrogens with one attached hydrogen (secondary N) is 1. The van der Waals surface area contributed by atoms with E-state index < -0.39 is 0 Å². The van der Waals surface area contributed by atoms with Crippen LogP contribution in [0.5, 0.6) is 0 Å². The second-order valence-corrected chi connectivity index (χ2v) is 5.40. The molecule has 2 rings (SSSR count). The van der Waals surface area contributed by atoms with Crippen LogP contribution in [0.1, 0.15) is 13.3 Å². The van der Waals surface area contributed by atoms with Gasteiger partial charge < -0.3 is 10.1 Å². The minimum Gasteiger partial charge on any atom is -0.465 e. The molecule has 0 spiro atoms. The molecule has 0 radical (unpaired) electrons. The van der Waals surface area contributed by atoms with Crippen molar-refractivity contribution < 1.29 is 9.53 Å². The fourth-order valence-corrected chi connectivity index (χ4v) is 3.86. The third-order valence-electron chi connectivity index (χ3n) is 3.38. The van der Waals surface area contributed by atoms with Crippen molar-refractivity contribution in [2.45, 2.75) is 18.9 Å². The van der Waals surface area contributed by atoms with Gasteiger partial charge in [-0.05, 0) is 19.1 Å². The normalized spacial score (nSPS) is 31.6. The van der Waals surface area contributed by atoms with Gasteiger partial charge in [-0.3, -0.25) is 9.69 Å². The van der Waals surface area contributed by atoms with Crippen molar-refractivity contribution in [1.82, 2.24) is 10.2 Å². The molecule has 1 N–H and O–H groups in total. The van der Waals surface area contributed by atoms with Crippen molar-refractivity contribution in [2.75, 3.05) is 44.3 Å². The van der Waals surface area contributed by atoms with Gasteiger partial charge in [0.25, 0.3) is 0 Å². The lowest BCUT2D eigenvalue weighted by Crippen LogP contribution is -2.61. The lowest BCUT2D eigenvalue weighted by Gasteiger charge is -2.40. The molecular formula is C11H20N2O2S. The lowest BCUT2D eigenvalue weighted by atomic mass is 9.95. The molecule has 0 aromatic carbocycles. The van der Waals surface area contributed by atoms with Gasteiger partial charge in [0.2, 0.25) is 0 Å². The van der Waals surface area contributed by atoms with Crippen LogP contribution in [0.4, 0.5) is 0 Å². The summed E-state index contributed by atoms with van der Waals surface area (Å²) in [5.74, 6) is 1.95. The number of carbonyl (C=O) groups is 1. The van der Waals surface area contributed by atoms with Crippen LogP contribution >= 0.6 is 11.8 Å². The maximum Gasteiger partial charge on any atom is 0.327 e. The standard InChI is InChI=1S/C11H20N2O2S/c1-2-15-10(14)11(3-8-16-9-11)13-6-4-12-5-7-13/h12H,2-9H2,1H3. The second-order valence-electron chi connectivity index (χ2n) is 4.29. The van der Waals surface area contributed by atoms with Gasteiger partial charge >= 0.3 is 5.97 Å². The lowest BCUT2D eigenvalue weighted by molar-refractivity contribution is -0.156. The Hall–Kier alpha value is -0.260. The first-order valence-corrected chi connectivity index (χ1v) is 7.16. The van der Waals surface area contributed by atoms with Crippen molar-refractivity contribution in [3.63, 3.8) is 0 Å². The molecule has 0 aromatic rings. The van der Waals surface area contributed by atoms with Gasteiger partial charge in [0.15, 0.2) is 0 Å². The predicted molar refractivity (Wildman–Crippen MR) is 65.7 cm³/mol. The van der Waals surface area contributed by atoms with Crippen molar-refractivity contribution in [3.05, 3.63) is 0 Å². The first-order chi connectivity index (χ1) is 7.79. The summed E-state index contributed by atoms with van der Waals surface area (Å²) < 4.78 is 5.27. The van der Waals surface area contributed by atoms with E-state index in [2.05, 4.69) is 10.2 Å². The van der Waals surface area contributed by atoms with Crippen LogP contribution in [0.2, 0.25) is 0 Å². The van der Waals surface area contributed by atoms with Crippen LogP contribution in [0.25, 0.3) is 0 Å². The average molecular weight is 244 g/mol. The van der Waals surface area contributed by atoms with E-state index in [1.165, 1.54) is 0 Å². The summed E-state index contributed by atoms with van der Waals surface area (Å²) >= 11 is 1.87. The van der Waals surface area contributed by atoms with Crippen molar-refractivity contribution in [1.29, 1.82) is 0 Å². The van der Waals surface area contributed by atoms with Gasteiger partial charge in [-0.1, -0.05) is 0 Å². The first kappa shape index (κ1) is 12.2. The van der Waals surface area contributed by atoms with E-state index in [9.17, 15) is 4.79 Å². The second kappa shape index (κ2) is 5.38. The molecule has 2 heterocycles. The van der Waals surface area contributed by atoms with Crippen LogP contribution in [-0.4, -0.2) is 60.7 Å². The third kappa shape index (κ3) is 2.21. The van der Waals surface area contributed by atoms with Crippen LogP contribution in [-0.2, 0) is 9.53 Å². The number of ether oxygens (including phenoxy) is 1. The fourth-order valence-electron chi connectivity index (χ4n) is 2.45. The summed E-state index contributed by atoms with van der Waals surface area (Å²) in [5, 5.41) is 3.33. The van der Waals surface area contributed by atoms with Crippen LogP contribution in [0.3, 0.4) is 0 Å². The Labute approximate surface area is 101 Å². The maximum atomic E-state index is 12.2. The maximum absolute atomic E-state index is 12.2. The van der Waals surface area contributed by atoms with E-state index in [0.29, 0.717) is 6.61 Å². The molecule has 92 valence electrons. The smallest absolute Gasteiger partial charge is 0.327 e. The van der Waals surface area contributed by atoms with E-state index in [0.717, 1.165) is 44.1 Å². The van der Waals surface area contributed by atoms with Gasteiger partial charge in [-0.2, -0.15) is 11.8 Å². The largest absolute Gasteiger partial charge is 0.465 e. The molecule has 0 saturated carbocycles. The molecule has 2 fully saturated rings. The van der Waals surface area contributed by atoms with Crippen LogP contribution < -0.4 is 5.32 Å². The van der Waals surface area contributed by atoms with Gasteiger partial charge in [-0.15, -0.1) is 0 Å². The minimum absolute atomic E-state index is 0.0121. The zero-order valence-electron chi connectivity index (χ0n) is 9.83. The highest BCUT2D eigenvalue weighted by molar-refractivity contribution is 7.99. The minimum atomic E-state index is -0.331. The Kier molecular flexibility index (Phi) is 4.10. The van der Waals surface area contributed by atoms with Crippen LogP contribution in [0, 0.1) is 0 Å². The number of rotatable bonds is 3. The Morgan fingerprint density at radius 2 is 2.25 bits per heavy atom. The Morgan fingerprint density at radius 1 is 1.50 bits per heavy atom. The molecule has 0 aliphatic carbocycles. The number of piperazine rings is 1. The number of carbonyl (C=O) groups excluding carboxylic acids is 1. The van der Waals surface area contributed by atoms with Crippen molar-refractivity contribution in [2.24, 2.45) is 0 Å². The zero-order valence-corrected chi connectivity index (χ0v) is 10.6. The highest BCUT2D eigenvalue weighted by atomic mass is 32.2. The van der Waals surface area contributed by atoms with E-state index in [1.807, 2.05) is 18.7 Å². The van der Waals surface area contributed by atoms with Gasteiger partial charge in [0, 0.05) is 31.9 Å². The molecule has 4 nitrogen and oxygen atoms in total. The fraction of sp³-hybridized carbons (Fsp3) is 0.909. The Morgan fingerprint density at radius 3 is 2.81 bits per heavy atom. The zero-order chi connectivity index (χ0) is 11.4. The molecule has 2 saturated heterocycles. The van der Waals surface area contributed by atoms with E-state index >= 15 is 0 Å². The summed E-state index contributed by atoms with van der Waals surface area (Å²) in [6.07, 6.45) is 0.941. The molecule has 1 atom stereocenters. The first-order valence-electron chi connectivity index (χ1n) is 6.00. The third-order valence-corrected chi connectivity index (χ3v) is 4.55. The quantitative estimate of drug-likeness (QED) is 0.725. The molecule has 0 bridgehead atoms. The summed E-state index contributed by atoms with van der Waals surface area (Å²) in [6, 6.07) is 0. The van der Waals surface area contributed by atoms with Crippen molar-refractivity contribution in [3.8, 4) is 0 Å². The van der Waals surface area contributed by atoms with E-state index in [1.54, 1.807) is 0 Å². The summed E-state index contributed by atoms with van der Waals surface area (Å²) in [4.78, 5) is 14.5. The predicted octanol–water partition coefficient (Wildman–Crippen LogP) is 0.330. The summed E-state index contributed by atoms with van der Waals surface area (Å²) in [6.45, 7) is 6.24. The SMILES string of the molecule is CCOC(=O)C1(N2CCNCC2)CCSC1. The number of thioether (sulfide) groups is 1. The van der Waals surface area contributed by atoms with Crippen LogP contribution in [0.15, 0.2) is 0 Å². The molecule has 0 amide bonds. The van der Waals surface area contributed by atoms with Gasteiger partial charge in [0.1, 0.15) is 5.54 Å². The molecule has 2 aliphatic rings. The summed E-state index contributed by atoms with van der Waals surface area (Å²) in [5.41, 5.74) is -0.331. The molecule has 16 heavy (non-hydrogen) atoms. The van der Waals surface area contributed by atoms with Gasteiger partial charge in [0.05, 0.1) is 6.61 Å². The van der Waals surface area contributed by atoms with E-state index in [4.69, 9.17) is 4.74 Å². The average Bonchev–Trinajstić information content (AvgIpc) is 2.81. The number of esters is 1. The number of hydrogen-bond donors (Lipinski definition) is 1. The molecule has 1 unspecified atom stereocenters.